The molecule has 10 aromatic carbocycles. The van der Waals surface area contributed by atoms with Crippen LogP contribution in [0.1, 0.15) is 0 Å². The third kappa shape index (κ3) is 8.26. The van der Waals surface area contributed by atoms with Gasteiger partial charge in [0.05, 0.1) is 18.1 Å². The number of rotatable bonds is 10. The summed E-state index contributed by atoms with van der Waals surface area (Å²) in [4.78, 5) is 22.9. The fourth-order valence-corrected chi connectivity index (χ4v) is 12.8. The summed E-state index contributed by atoms with van der Waals surface area (Å²) in [6.45, 7) is 0. The molecule has 18 rings (SSSR count). The molecule has 10 heteroatoms. The lowest BCUT2D eigenvalue weighted by atomic mass is 9.98. The highest BCUT2D eigenvalue weighted by Crippen LogP contribution is 2.45. The van der Waals surface area contributed by atoms with E-state index in [-0.39, 0.29) is 0 Å². The zero-order valence-corrected chi connectivity index (χ0v) is 46.9. The van der Waals surface area contributed by atoms with Gasteiger partial charge in [-0.25, -0.2) is 9.97 Å². The first-order valence-corrected chi connectivity index (χ1v) is 29.2. The molecular weight excluding hydrogens is 1080 g/mol. The molecule has 0 spiro atoms. The molecule has 0 aliphatic rings. The van der Waals surface area contributed by atoms with Gasteiger partial charge in [0.15, 0.2) is 11.2 Å². The smallest absolute Gasteiger partial charge is 0.227 e. The molecular formula is C78H46N6O4. The molecule has 0 amide bonds. The van der Waals surface area contributed by atoms with Crippen molar-refractivity contribution >= 4 is 133 Å². The first-order chi connectivity index (χ1) is 43.5. The highest BCUT2D eigenvalue weighted by Gasteiger charge is 2.22. The van der Waals surface area contributed by atoms with Gasteiger partial charge in [0.25, 0.3) is 0 Å². The second-order valence-electron chi connectivity index (χ2n) is 22.3. The number of hydrogen-bond donors (Lipinski definition) is 0. The number of pyridine rings is 4. The Balaban J connectivity index is 0.664. The number of anilines is 6. The van der Waals surface area contributed by atoms with Crippen LogP contribution in [0.3, 0.4) is 0 Å². The Kier molecular flexibility index (Phi) is 11.1. The second kappa shape index (κ2) is 19.7. The van der Waals surface area contributed by atoms with Gasteiger partial charge in [-0.1, -0.05) is 103 Å². The molecule has 10 nitrogen and oxygen atoms in total. The summed E-state index contributed by atoms with van der Waals surface area (Å²) in [6, 6.07) is 87.6. The quantitative estimate of drug-likeness (QED) is 0.131. The number of hydrogen-bond acceptors (Lipinski definition) is 10. The zero-order valence-electron chi connectivity index (χ0n) is 46.9. The molecule has 0 saturated carbocycles. The summed E-state index contributed by atoms with van der Waals surface area (Å²) >= 11 is 0. The van der Waals surface area contributed by atoms with Crippen LogP contribution in [0.25, 0.3) is 143 Å². The van der Waals surface area contributed by atoms with Crippen molar-refractivity contribution < 1.29 is 17.7 Å². The molecule has 0 saturated heterocycles. The molecule has 88 heavy (non-hydrogen) atoms. The standard InChI is InChI=1S/C78H46N6O4/c1-2-8-50-37-54(21-20-47(50)7-1)53-11-5-14-57(40-53)84(59-25-31-72-69(42-59)66-15-6-34-81-77(66)87-72)61-23-27-63-67-28-29-70(82-78(67)88-74(63)44-61)55-12-3-9-51(38-55)48-16-18-49(19-17-48)52-10-4-13-56(39-52)83(58-24-30-71-68(41-58)65-33-36-80-46-76(65)85-71)60-22-26-62-64-32-35-79-45-75(64)86-73(62)43-60/h1-46H. The monoisotopic (exact) mass is 1130 g/mol. The minimum Gasteiger partial charge on any atom is -0.454 e. The molecule has 0 fully saturated rings. The van der Waals surface area contributed by atoms with Crippen LogP contribution in [-0.4, -0.2) is 19.9 Å². The zero-order chi connectivity index (χ0) is 57.8. The molecule has 8 aromatic heterocycles. The predicted octanol–water partition coefficient (Wildman–Crippen LogP) is 21.6. The maximum atomic E-state index is 6.75. The minimum atomic E-state index is 0.574. The Morgan fingerprint density at radius 1 is 0.250 bits per heavy atom. The molecule has 0 N–H and O–H groups in total. The molecule has 0 atom stereocenters. The second-order valence-corrected chi connectivity index (χ2v) is 22.3. The fourth-order valence-electron chi connectivity index (χ4n) is 12.8. The number of furan rings is 4. The van der Waals surface area contributed by atoms with Crippen LogP contribution in [0.15, 0.2) is 297 Å². The van der Waals surface area contributed by atoms with Crippen LogP contribution in [-0.2, 0) is 0 Å². The van der Waals surface area contributed by atoms with Crippen molar-refractivity contribution in [3.05, 3.63) is 280 Å². The van der Waals surface area contributed by atoms with Gasteiger partial charge in [-0.05, 0) is 178 Å². The van der Waals surface area contributed by atoms with E-state index in [4.69, 9.17) is 22.7 Å². The first kappa shape index (κ1) is 49.3. The molecule has 412 valence electrons. The topological polar surface area (TPSA) is 111 Å². The minimum absolute atomic E-state index is 0.574. The summed E-state index contributed by atoms with van der Waals surface area (Å²) < 4.78 is 25.5. The molecule has 0 radical (unpaired) electrons. The van der Waals surface area contributed by atoms with E-state index >= 15 is 0 Å². The van der Waals surface area contributed by atoms with Crippen molar-refractivity contribution in [3.8, 4) is 44.6 Å². The van der Waals surface area contributed by atoms with E-state index in [1.54, 1.807) is 31.0 Å². The van der Waals surface area contributed by atoms with Gasteiger partial charge < -0.3 is 27.5 Å². The van der Waals surface area contributed by atoms with Gasteiger partial charge in [-0.2, -0.15) is 0 Å². The Bertz CT molecular complexity index is 5820. The third-order valence-electron chi connectivity index (χ3n) is 17.1. The number of aromatic nitrogens is 4. The van der Waals surface area contributed by atoms with E-state index in [9.17, 15) is 0 Å². The van der Waals surface area contributed by atoms with Gasteiger partial charge in [0, 0.05) is 114 Å². The lowest BCUT2D eigenvalue weighted by molar-refractivity contribution is 0.653. The number of benzene rings is 10. The van der Waals surface area contributed by atoms with E-state index in [0.29, 0.717) is 11.4 Å². The van der Waals surface area contributed by atoms with E-state index in [1.807, 2.05) is 30.3 Å². The van der Waals surface area contributed by atoms with Crippen molar-refractivity contribution in [1.82, 2.24) is 19.9 Å². The van der Waals surface area contributed by atoms with E-state index in [1.165, 1.54) is 10.8 Å². The van der Waals surface area contributed by atoms with Gasteiger partial charge in [0.2, 0.25) is 11.4 Å². The maximum absolute atomic E-state index is 6.75. The Morgan fingerprint density at radius 2 is 0.739 bits per heavy atom. The highest BCUT2D eigenvalue weighted by atomic mass is 16.3. The lowest BCUT2D eigenvalue weighted by Crippen LogP contribution is -2.10. The summed E-state index contributed by atoms with van der Waals surface area (Å²) in [5.74, 6) is 0. The molecule has 0 bridgehead atoms. The lowest BCUT2D eigenvalue weighted by Gasteiger charge is -2.26. The van der Waals surface area contributed by atoms with Crippen molar-refractivity contribution in [2.45, 2.75) is 0 Å². The van der Waals surface area contributed by atoms with Crippen molar-refractivity contribution in [2.24, 2.45) is 0 Å². The van der Waals surface area contributed by atoms with Crippen molar-refractivity contribution in [3.63, 3.8) is 0 Å². The SMILES string of the molecule is c1cc(-c2ccc(-c3cccc(N(c4ccc5c(c4)oc4cnccc45)c4ccc5oc6cnccc6c5c4)c3)cc2)cc(-c2ccc3c(n2)oc2cc(N(c4cccc(-c5ccc6ccccc6c5)c4)c4ccc5oc6ncccc6c5c4)ccc23)c1. The van der Waals surface area contributed by atoms with Crippen LogP contribution in [0.5, 0.6) is 0 Å². The summed E-state index contributed by atoms with van der Waals surface area (Å²) in [5, 5.41) is 10.4. The molecule has 8 heterocycles. The average molecular weight is 1130 g/mol. The fraction of sp³-hybridized carbons (Fsp3) is 0. The molecule has 0 unspecified atom stereocenters. The van der Waals surface area contributed by atoms with Crippen LogP contribution >= 0.6 is 0 Å². The summed E-state index contributed by atoms with van der Waals surface area (Å²) in [7, 11) is 0. The number of fused-ring (bicyclic) bond motifs is 13. The van der Waals surface area contributed by atoms with Crippen molar-refractivity contribution in [1.29, 1.82) is 0 Å². The Labute approximate surface area is 502 Å². The molecule has 0 aliphatic heterocycles. The van der Waals surface area contributed by atoms with Gasteiger partial charge >= 0.3 is 0 Å². The Morgan fingerprint density at radius 3 is 1.45 bits per heavy atom. The van der Waals surface area contributed by atoms with Gasteiger partial charge in [-0.15, -0.1) is 0 Å². The highest BCUT2D eigenvalue weighted by molar-refractivity contribution is 6.10. The van der Waals surface area contributed by atoms with Crippen LogP contribution in [0, 0.1) is 0 Å². The van der Waals surface area contributed by atoms with Crippen LogP contribution in [0.2, 0.25) is 0 Å². The van der Waals surface area contributed by atoms with Gasteiger partial charge in [0.1, 0.15) is 22.3 Å². The maximum Gasteiger partial charge on any atom is 0.227 e. The van der Waals surface area contributed by atoms with Crippen molar-refractivity contribution in [2.75, 3.05) is 9.80 Å². The Hall–Kier alpha value is -12.1. The van der Waals surface area contributed by atoms with Crippen LogP contribution in [0.4, 0.5) is 34.1 Å². The van der Waals surface area contributed by atoms with E-state index in [2.05, 4.69) is 243 Å². The predicted molar refractivity (Wildman–Crippen MR) is 355 cm³/mol. The largest absolute Gasteiger partial charge is 0.454 e. The summed E-state index contributed by atoms with van der Waals surface area (Å²) in [5.41, 5.74) is 20.0. The average Bonchev–Trinajstić information content (AvgIpc) is 2.01. The molecule has 18 aromatic rings. The normalized spacial score (nSPS) is 11.9. The van der Waals surface area contributed by atoms with Crippen LogP contribution < -0.4 is 9.80 Å². The molecule has 0 aliphatic carbocycles. The summed E-state index contributed by atoms with van der Waals surface area (Å²) in [6.07, 6.45) is 8.91. The third-order valence-corrected chi connectivity index (χ3v) is 17.1. The van der Waals surface area contributed by atoms with E-state index in [0.717, 1.165) is 155 Å². The number of nitrogens with zero attached hydrogens (tertiary/aromatic N) is 6. The van der Waals surface area contributed by atoms with Gasteiger partial charge in [-0.3, -0.25) is 9.97 Å². The first-order valence-electron chi connectivity index (χ1n) is 29.2. The van der Waals surface area contributed by atoms with E-state index < -0.39 is 0 Å².